The molecule has 1 aliphatic carbocycles. The molecule has 4 rings (SSSR count). The lowest BCUT2D eigenvalue weighted by Gasteiger charge is -2.53. The van der Waals surface area contributed by atoms with Crippen molar-refractivity contribution in [3.63, 3.8) is 0 Å². The number of benzene rings is 1. The van der Waals surface area contributed by atoms with E-state index in [0.717, 1.165) is 43.4 Å². The van der Waals surface area contributed by atoms with Gasteiger partial charge in [-0.3, -0.25) is 9.69 Å². The van der Waals surface area contributed by atoms with Gasteiger partial charge in [-0.2, -0.15) is 4.31 Å². The Balaban J connectivity index is 1.62. The zero-order valence-electron chi connectivity index (χ0n) is 18.2. The summed E-state index contributed by atoms with van der Waals surface area (Å²) in [5.41, 5.74) is 1.84. The van der Waals surface area contributed by atoms with E-state index in [4.69, 9.17) is 11.6 Å². The molecule has 3 fully saturated rings. The number of likely N-dealkylation sites (tertiary alicyclic amines) is 1. The molecule has 7 nitrogen and oxygen atoms in total. The molecule has 0 spiro atoms. The summed E-state index contributed by atoms with van der Waals surface area (Å²) >= 11 is 6.26. The van der Waals surface area contributed by atoms with Crippen molar-refractivity contribution in [2.24, 2.45) is 0 Å². The first-order valence-electron chi connectivity index (χ1n) is 11.1. The molecule has 4 atom stereocenters. The van der Waals surface area contributed by atoms with Crippen LogP contribution in [0.4, 0.5) is 0 Å². The minimum absolute atomic E-state index is 0.00900. The summed E-state index contributed by atoms with van der Waals surface area (Å²) in [5.74, 6) is 0.00900. The monoisotopic (exact) mass is 469 g/mol. The second-order valence-electron chi connectivity index (χ2n) is 9.21. The standard InChI is InChI=1S/C22H32ClN3O4S/c1-15-6-7-16(12-18(15)23)13-21(28)25-10-11-26(31(2,29)30)20-5-3-4-19(22(20)25)24-9-8-17(27)14-24/h6-7,12,17,19-20,22,27H,3-5,8-11,13-14H2,1-2H3/t17-,19-,20-,22+/m0/s1. The summed E-state index contributed by atoms with van der Waals surface area (Å²) in [7, 11) is -3.36. The molecule has 2 heterocycles. The maximum atomic E-state index is 13.4. The van der Waals surface area contributed by atoms with Gasteiger partial charge in [0.15, 0.2) is 0 Å². The van der Waals surface area contributed by atoms with Crippen LogP contribution in [0.25, 0.3) is 0 Å². The first-order valence-corrected chi connectivity index (χ1v) is 13.3. The predicted molar refractivity (Wildman–Crippen MR) is 121 cm³/mol. The average molecular weight is 470 g/mol. The van der Waals surface area contributed by atoms with Crippen molar-refractivity contribution < 1.29 is 18.3 Å². The van der Waals surface area contributed by atoms with E-state index in [1.165, 1.54) is 6.26 Å². The Morgan fingerprint density at radius 3 is 2.55 bits per heavy atom. The molecule has 3 aliphatic rings. The third-order valence-electron chi connectivity index (χ3n) is 7.08. The number of β-amino-alcohol motifs (C(OH)–C–C–N with tert-alkyl or cyclic N) is 1. The average Bonchev–Trinajstić information content (AvgIpc) is 3.14. The highest BCUT2D eigenvalue weighted by Gasteiger charge is 2.49. The Kier molecular flexibility index (Phi) is 6.66. The Labute approximate surface area is 190 Å². The lowest BCUT2D eigenvalue weighted by molar-refractivity contribution is -0.140. The molecule has 1 N–H and O–H groups in total. The summed E-state index contributed by atoms with van der Waals surface area (Å²) in [4.78, 5) is 17.6. The van der Waals surface area contributed by atoms with Gasteiger partial charge in [0.25, 0.3) is 0 Å². The number of hydrogen-bond acceptors (Lipinski definition) is 5. The van der Waals surface area contributed by atoms with Crippen LogP contribution >= 0.6 is 11.6 Å². The molecule has 9 heteroatoms. The quantitative estimate of drug-likeness (QED) is 0.725. The minimum atomic E-state index is -3.36. The zero-order valence-corrected chi connectivity index (χ0v) is 19.8. The van der Waals surface area contributed by atoms with E-state index < -0.39 is 10.0 Å². The van der Waals surface area contributed by atoms with Gasteiger partial charge in [0.1, 0.15) is 0 Å². The second-order valence-corrected chi connectivity index (χ2v) is 11.6. The van der Waals surface area contributed by atoms with Gasteiger partial charge in [0, 0.05) is 43.3 Å². The van der Waals surface area contributed by atoms with E-state index in [-0.39, 0.29) is 36.6 Å². The van der Waals surface area contributed by atoms with Crippen molar-refractivity contribution >= 4 is 27.5 Å². The Morgan fingerprint density at radius 1 is 1.16 bits per heavy atom. The van der Waals surface area contributed by atoms with Crippen LogP contribution in [0.3, 0.4) is 0 Å². The molecule has 1 saturated carbocycles. The van der Waals surface area contributed by atoms with E-state index in [1.54, 1.807) is 4.31 Å². The number of nitrogens with zero attached hydrogens (tertiary/aromatic N) is 3. The third-order valence-corrected chi connectivity index (χ3v) is 8.79. The number of aryl methyl sites for hydroxylation is 1. The minimum Gasteiger partial charge on any atom is -0.392 e. The SMILES string of the molecule is Cc1ccc(CC(=O)N2CCN(S(C)(=O)=O)[C@H]3CCC[C@H](N4CC[C@H](O)C4)[C@H]32)cc1Cl. The zero-order chi connectivity index (χ0) is 22.3. The molecule has 0 bridgehead atoms. The topological polar surface area (TPSA) is 81.2 Å². The first-order chi connectivity index (χ1) is 14.6. The molecular formula is C22H32ClN3O4S. The molecule has 31 heavy (non-hydrogen) atoms. The number of halogens is 1. The van der Waals surface area contributed by atoms with E-state index in [9.17, 15) is 18.3 Å². The van der Waals surface area contributed by atoms with Crippen LogP contribution in [-0.2, 0) is 21.2 Å². The van der Waals surface area contributed by atoms with Crippen LogP contribution < -0.4 is 0 Å². The van der Waals surface area contributed by atoms with E-state index in [1.807, 2.05) is 30.0 Å². The lowest BCUT2D eigenvalue weighted by Crippen LogP contribution is -2.69. The van der Waals surface area contributed by atoms with Crippen LogP contribution in [0.15, 0.2) is 18.2 Å². The highest BCUT2D eigenvalue weighted by Crippen LogP contribution is 2.36. The van der Waals surface area contributed by atoms with E-state index in [2.05, 4.69) is 4.90 Å². The second kappa shape index (κ2) is 8.98. The molecule has 2 aliphatic heterocycles. The summed E-state index contributed by atoms with van der Waals surface area (Å²) in [5, 5.41) is 10.7. The highest BCUT2D eigenvalue weighted by molar-refractivity contribution is 7.88. The van der Waals surface area contributed by atoms with Gasteiger partial charge in [0.2, 0.25) is 15.9 Å². The molecule has 1 amide bonds. The van der Waals surface area contributed by atoms with Crippen molar-refractivity contribution in [1.29, 1.82) is 0 Å². The maximum Gasteiger partial charge on any atom is 0.227 e. The first kappa shape index (κ1) is 23.0. The van der Waals surface area contributed by atoms with Crippen molar-refractivity contribution in [3.8, 4) is 0 Å². The Morgan fingerprint density at radius 2 is 1.90 bits per heavy atom. The smallest absolute Gasteiger partial charge is 0.227 e. The number of sulfonamides is 1. The third kappa shape index (κ3) is 4.78. The number of hydrogen-bond donors (Lipinski definition) is 1. The summed E-state index contributed by atoms with van der Waals surface area (Å²) in [6.07, 6.45) is 4.46. The number of carbonyl (C=O) groups is 1. The van der Waals surface area contributed by atoms with Gasteiger partial charge < -0.3 is 10.0 Å². The number of carbonyl (C=O) groups excluding carboxylic acids is 1. The molecule has 0 unspecified atom stereocenters. The van der Waals surface area contributed by atoms with Crippen LogP contribution in [0.2, 0.25) is 5.02 Å². The van der Waals surface area contributed by atoms with E-state index in [0.29, 0.717) is 24.7 Å². The summed E-state index contributed by atoms with van der Waals surface area (Å²) in [6, 6.07) is 5.34. The Hall–Kier alpha value is -1.19. The lowest BCUT2D eigenvalue weighted by atomic mass is 9.82. The van der Waals surface area contributed by atoms with Gasteiger partial charge in [-0.15, -0.1) is 0 Å². The van der Waals surface area contributed by atoms with Crippen LogP contribution in [0.5, 0.6) is 0 Å². The van der Waals surface area contributed by atoms with Gasteiger partial charge in [-0.1, -0.05) is 30.2 Å². The highest BCUT2D eigenvalue weighted by atomic mass is 35.5. The number of aliphatic hydroxyl groups is 1. The molecule has 2 saturated heterocycles. The van der Waals surface area contributed by atoms with Crippen LogP contribution in [0, 0.1) is 6.92 Å². The molecule has 172 valence electrons. The normalized spacial score (nSPS) is 30.4. The van der Waals surface area contributed by atoms with Crippen LogP contribution in [0.1, 0.15) is 36.8 Å². The number of piperazine rings is 1. The van der Waals surface area contributed by atoms with Gasteiger partial charge in [-0.05, 0) is 43.4 Å². The molecule has 0 radical (unpaired) electrons. The molecule has 1 aromatic rings. The van der Waals surface area contributed by atoms with E-state index >= 15 is 0 Å². The van der Waals surface area contributed by atoms with Crippen molar-refractivity contribution in [3.05, 3.63) is 34.3 Å². The summed E-state index contributed by atoms with van der Waals surface area (Å²) < 4.78 is 26.6. The number of fused-ring (bicyclic) bond motifs is 1. The molecule has 0 aromatic heterocycles. The van der Waals surface area contributed by atoms with Crippen molar-refractivity contribution in [1.82, 2.24) is 14.1 Å². The fourth-order valence-electron chi connectivity index (χ4n) is 5.58. The van der Waals surface area contributed by atoms with Crippen molar-refractivity contribution in [2.45, 2.75) is 63.3 Å². The Bertz CT molecular complexity index is 941. The number of aliphatic hydroxyl groups excluding tert-OH is 1. The van der Waals surface area contributed by atoms with Crippen molar-refractivity contribution in [2.75, 3.05) is 32.4 Å². The van der Waals surface area contributed by atoms with Gasteiger partial charge in [0.05, 0.1) is 24.8 Å². The maximum absolute atomic E-state index is 13.4. The van der Waals surface area contributed by atoms with Gasteiger partial charge in [-0.25, -0.2) is 8.42 Å². The molecular weight excluding hydrogens is 438 g/mol. The largest absolute Gasteiger partial charge is 0.392 e. The fourth-order valence-corrected chi connectivity index (χ4v) is 6.92. The molecule has 1 aromatic carbocycles. The summed E-state index contributed by atoms with van der Waals surface area (Å²) in [6.45, 7) is 4.02. The van der Waals surface area contributed by atoms with Gasteiger partial charge >= 0.3 is 0 Å². The van der Waals surface area contributed by atoms with Crippen LogP contribution in [-0.4, -0.2) is 90.2 Å². The fraction of sp³-hybridized carbons (Fsp3) is 0.682. The predicted octanol–water partition coefficient (Wildman–Crippen LogP) is 1.65. The number of amides is 1. The number of rotatable bonds is 4.